The van der Waals surface area contributed by atoms with Gasteiger partial charge in [0.1, 0.15) is 91.0 Å². The maximum absolute atomic E-state index is 16.0. The van der Waals surface area contributed by atoms with E-state index in [-0.39, 0.29) is 67.7 Å². The first-order chi connectivity index (χ1) is 69.6. The Morgan fingerprint density at radius 3 is 0.952 bits per heavy atom. The number of carbonyl (C=O) groups excluding carboxylic acids is 3. The molecule has 37 nitrogen and oxygen atoms in total. The molecule has 0 spiro atoms. The molecule has 15 rings (SSSR count). The Labute approximate surface area is 823 Å². The zero-order chi connectivity index (χ0) is 105. The zero-order valence-electron chi connectivity index (χ0n) is 76.8. The summed E-state index contributed by atoms with van der Waals surface area (Å²) in [5, 5.41) is 26.7. The molecule has 12 aromatic rings. The van der Waals surface area contributed by atoms with E-state index in [0.717, 1.165) is 35.8 Å². The van der Waals surface area contributed by atoms with Crippen molar-refractivity contribution in [3.63, 3.8) is 0 Å². The molecule has 15 atom stereocenters. The number of halogens is 11. The summed E-state index contributed by atoms with van der Waals surface area (Å²) in [6.07, 6.45) is -14.0. The number of aliphatic hydroxyl groups is 2. The van der Waals surface area contributed by atoms with E-state index in [1.807, 2.05) is 6.07 Å². The van der Waals surface area contributed by atoms with Crippen LogP contribution in [-0.2, 0) is 108 Å². The van der Waals surface area contributed by atoms with Gasteiger partial charge in [0.15, 0.2) is 18.3 Å². The highest BCUT2D eigenvalue weighted by Gasteiger charge is 2.64. The number of benzene rings is 9. The molecular formula is C95H94F11N12O25P3. The minimum atomic E-state index is -4.96. The number of hydrogen-bond acceptors (Lipinski definition) is 31. The Balaban J connectivity index is 0.000000177. The number of nitrogen functional groups attached to an aromatic ring is 3. The Hall–Kier alpha value is -13.9. The number of nitrogens with two attached hydrogens (primary N) is 3. The molecule has 0 saturated carbocycles. The minimum absolute atomic E-state index is 0.0391. The molecule has 0 unspecified atom stereocenters. The Bertz CT molecular complexity index is 6680. The Morgan fingerprint density at radius 2 is 0.637 bits per heavy atom. The summed E-state index contributed by atoms with van der Waals surface area (Å²) in [4.78, 5) is 84.6. The highest BCUT2D eigenvalue weighted by Crippen LogP contribution is 2.53. The molecule has 3 saturated heterocycles. The molecule has 0 radical (unpaired) electrons. The molecular weight excluding hydrogens is 2010 g/mol. The lowest BCUT2D eigenvalue weighted by Crippen LogP contribution is -2.43. The van der Waals surface area contributed by atoms with E-state index in [0.29, 0.717) is 30.4 Å². The van der Waals surface area contributed by atoms with Crippen molar-refractivity contribution >= 4 is 58.6 Å². The standard InChI is InChI=1S/C32H33F2N4O8P.C25H27F2N4O8P.C22H17F5NO5P.C16H17F2N3O4/c1-22(29(39)43-20-24-13-7-3-8-14-24)37-47(41,46-25-15-9-4-10-16-25)44-21-26-28(42-19-23-11-5-2-6-12-23)32(33,34)30(45-26)38-18-17-27(35)36-31(38)40;1-16(22(33)36-14-17-8-4-2-5-9-17)30-40(35,39-18-10-6-3-7-11-18)37-15-19-21(32)25(26,27)23(38-19)31-13-12-20(28)29-24(31)34;1-13(22(29)31-12-14-8-4-2-5-9-14)28-34(30,32-15-10-6-3-7-11-15)33-21-19(26)17(24)16(23)18(25)20(21)27;17-16(18)13(24-9-10-4-2-1-3-5-10)11(8-22)25-14(16)21-7-6-12(19)20-15(21)23/h2-18,22,26,28,30H,19-21H2,1H3,(H,37,41)(H2,35,36,40);2-13,16,19,21,23,32H,14-15H2,1H3,(H,30,35)(H2,28,29,34);2-11,13H,12H2,1H3,(H,28,30);1-7,11,13-14,22H,8-9H2,(H2,19,20,23)/t22-,26+,28+,30+,47-;16-,19+,21+,23+,40-;13-,34-;11-,13-,14-/m0001/s1. The average molecular weight is 2110 g/mol. The van der Waals surface area contributed by atoms with E-state index in [4.69, 9.17) is 77.7 Å². The number of alkyl halides is 6. The third-order valence-electron chi connectivity index (χ3n) is 21.0. The van der Waals surface area contributed by atoms with Gasteiger partial charge in [0.25, 0.3) is 0 Å². The van der Waals surface area contributed by atoms with E-state index >= 15 is 8.78 Å². The van der Waals surface area contributed by atoms with E-state index in [1.165, 1.54) is 81.4 Å². The monoisotopic (exact) mass is 2100 g/mol. The molecule has 776 valence electrons. The topological polar surface area (TPSA) is 491 Å². The van der Waals surface area contributed by atoms with Crippen molar-refractivity contribution in [1.82, 2.24) is 43.9 Å². The fourth-order valence-electron chi connectivity index (χ4n) is 13.7. The molecule has 6 heterocycles. The lowest BCUT2D eigenvalue weighted by Gasteiger charge is -2.26. The van der Waals surface area contributed by atoms with E-state index in [1.54, 1.807) is 188 Å². The molecule has 3 aliphatic rings. The quantitative estimate of drug-likeness (QED) is 0.00443. The predicted molar refractivity (Wildman–Crippen MR) is 498 cm³/mol. The van der Waals surface area contributed by atoms with Crippen LogP contribution >= 0.6 is 23.2 Å². The molecule has 3 aromatic heterocycles. The lowest BCUT2D eigenvalue weighted by atomic mass is 10.1. The molecule has 3 fully saturated rings. The Morgan fingerprint density at radius 1 is 0.377 bits per heavy atom. The molecule has 146 heavy (non-hydrogen) atoms. The van der Waals surface area contributed by atoms with Gasteiger partial charge in [0.2, 0.25) is 53.5 Å². The summed E-state index contributed by atoms with van der Waals surface area (Å²) in [7, 11) is -13.9. The van der Waals surface area contributed by atoms with Gasteiger partial charge in [-0.05, 0) is 103 Å². The predicted octanol–water partition coefficient (Wildman–Crippen LogP) is 14.1. The molecule has 3 aliphatic heterocycles. The number of hydrogen-bond donors (Lipinski definition) is 8. The van der Waals surface area contributed by atoms with Crippen molar-refractivity contribution in [3.8, 4) is 23.0 Å². The third-order valence-corrected chi connectivity index (χ3v) is 25.9. The number of ether oxygens (including phenoxy) is 8. The fraction of sp³-hybridized carbons (Fsp3) is 0.274. The lowest BCUT2D eigenvalue weighted by molar-refractivity contribution is -0.157. The van der Waals surface area contributed by atoms with Gasteiger partial charge >= 0.3 is 76.0 Å². The molecule has 0 amide bonds. The van der Waals surface area contributed by atoms with Gasteiger partial charge in [-0.15, -0.1) is 0 Å². The number of carbonyl (C=O) groups is 3. The van der Waals surface area contributed by atoms with Gasteiger partial charge in [0.05, 0.1) is 33.0 Å². The van der Waals surface area contributed by atoms with E-state index in [9.17, 15) is 92.2 Å². The van der Waals surface area contributed by atoms with Crippen LogP contribution in [0.25, 0.3) is 0 Å². The van der Waals surface area contributed by atoms with Crippen LogP contribution in [-0.4, -0.2) is 149 Å². The fourth-order valence-corrected chi connectivity index (χ4v) is 18.3. The van der Waals surface area contributed by atoms with Crippen molar-refractivity contribution in [3.05, 3.63) is 368 Å². The first-order valence-corrected chi connectivity index (χ1v) is 48.4. The summed E-state index contributed by atoms with van der Waals surface area (Å²) in [5.74, 6) is -27.8. The number of anilines is 3. The van der Waals surface area contributed by atoms with Crippen LogP contribution in [0, 0.1) is 29.1 Å². The third kappa shape index (κ3) is 29.5. The number of nitrogens with one attached hydrogen (secondary N) is 3. The number of nitrogens with zero attached hydrogens (tertiary/aromatic N) is 6. The second-order valence-electron chi connectivity index (χ2n) is 31.9. The minimum Gasteiger partial charge on any atom is -0.460 e. The van der Waals surface area contributed by atoms with Gasteiger partial charge < -0.3 is 83.4 Å². The van der Waals surface area contributed by atoms with Gasteiger partial charge in [-0.2, -0.15) is 65.3 Å². The summed E-state index contributed by atoms with van der Waals surface area (Å²) >= 11 is 0. The smallest absolute Gasteiger partial charge is 0.460 e. The largest absolute Gasteiger partial charge is 0.513 e. The molecule has 9 aromatic carbocycles. The van der Waals surface area contributed by atoms with Crippen LogP contribution < -0.4 is 67.6 Å². The van der Waals surface area contributed by atoms with Crippen LogP contribution in [0.1, 0.15) is 67.3 Å². The van der Waals surface area contributed by atoms with Gasteiger partial charge in [-0.3, -0.25) is 37.1 Å². The SMILES string of the molecule is C[C@H](N[P@](=O)(OC[C@H]1O[C@@H](n2ccc(N)nc2=O)C(F)(F)[C@@H]1O)Oc1ccccc1)C(=O)OCc1ccccc1.C[C@H](N[P@](=O)(OC[C@H]1O[C@@H](n2ccc(N)nc2=O)C(F)(F)[C@@H]1OCc1ccccc1)Oc1ccccc1)C(=O)OCc1ccccc1.C[C@H](N[P@](=O)(Oc1ccccc1)Oc1c(F)c(F)c(F)c(F)c1F)C(=O)OCc1ccccc1.Nc1ccn([C@@H]2O[C@H](CO)[C@@H](OCc3ccccc3)C2(F)F)c(=O)n1. The van der Waals surface area contributed by atoms with Gasteiger partial charge in [-0.25, -0.2) is 41.3 Å². The maximum Gasteiger partial charge on any atom is 0.513 e. The number of aliphatic hydroxyl groups excluding tert-OH is 2. The molecule has 0 aliphatic carbocycles. The van der Waals surface area contributed by atoms with Crippen molar-refractivity contribution in [2.24, 2.45) is 0 Å². The normalized spacial score (nSPS) is 20.2. The molecule has 51 heteroatoms. The highest BCUT2D eigenvalue weighted by molar-refractivity contribution is 7.53. The maximum atomic E-state index is 16.0. The molecule has 11 N–H and O–H groups in total. The molecule has 0 bridgehead atoms. The van der Waals surface area contributed by atoms with Crippen LogP contribution in [0.2, 0.25) is 0 Å². The van der Waals surface area contributed by atoms with Crippen molar-refractivity contribution in [2.45, 2.75) is 145 Å². The van der Waals surface area contributed by atoms with E-state index < -0.39 is 204 Å². The Kier molecular flexibility index (Phi) is 38.1. The van der Waals surface area contributed by atoms with Crippen molar-refractivity contribution in [2.75, 3.05) is 37.0 Å². The summed E-state index contributed by atoms with van der Waals surface area (Å²) in [6.45, 7) is 1.07. The summed E-state index contributed by atoms with van der Waals surface area (Å²) in [6, 6.07) is 66.1. The second kappa shape index (κ2) is 50.2. The summed E-state index contributed by atoms with van der Waals surface area (Å²) in [5.41, 5.74) is 16.6. The van der Waals surface area contributed by atoms with Gasteiger partial charge in [-0.1, -0.05) is 206 Å². The van der Waals surface area contributed by atoms with Crippen LogP contribution in [0.15, 0.2) is 294 Å². The summed E-state index contributed by atoms with van der Waals surface area (Å²) < 4.78 is 278. The number of esters is 3. The second-order valence-corrected chi connectivity index (χ2v) is 36.9. The van der Waals surface area contributed by atoms with Crippen LogP contribution in [0.4, 0.5) is 65.7 Å². The van der Waals surface area contributed by atoms with Gasteiger partial charge in [0, 0.05) is 18.6 Å². The first-order valence-electron chi connectivity index (χ1n) is 43.8. The zero-order valence-corrected chi connectivity index (χ0v) is 79.5. The van der Waals surface area contributed by atoms with Crippen LogP contribution in [0.5, 0.6) is 23.0 Å². The number of aromatic nitrogens is 6. The number of para-hydroxylation sites is 3. The highest BCUT2D eigenvalue weighted by atomic mass is 31.2. The van der Waals surface area contributed by atoms with Crippen LogP contribution in [0.3, 0.4) is 0 Å². The average Bonchev–Trinajstić information content (AvgIpc) is 1.56. The van der Waals surface area contributed by atoms with Crippen molar-refractivity contribution in [1.29, 1.82) is 0 Å². The number of rotatable bonds is 39. The first kappa shape index (κ1) is 111. The van der Waals surface area contributed by atoms with Crippen molar-refractivity contribution < 1.29 is 152 Å². The van der Waals surface area contributed by atoms with E-state index in [2.05, 4.69) is 34.7 Å².